The van der Waals surface area contributed by atoms with Crippen molar-refractivity contribution >= 4 is 51.8 Å². The average Bonchev–Trinajstić information content (AvgIpc) is 3.35. The molecule has 124 valence electrons. The van der Waals surface area contributed by atoms with Crippen molar-refractivity contribution in [1.29, 1.82) is 0 Å². The Labute approximate surface area is 158 Å². The fraction of sp³-hybridized carbons (Fsp3) is 0.0588. The van der Waals surface area contributed by atoms with Crippen molar-refractivity contribution < 1.29 is 4.79 Å². The van der Waals surface area contributed by atoms with E-state index >= 15 is 0 Å². The van der Waals surface area contributed by atoms with E-state index in [1.807, 2.05) is 58.7 Å². The van der Waals surface area contributed by atoms with Crippen LogP contribution < -0.4 is 0 Å². The number of thiophene rings is 1. The molecule has 2 aromatic heterocycles. The van der Waals surface area contributed by atoms with Crippen LogP contribution in [0.15, 0.2) is 59.1 Å². The van der Waals surface area contributed by atoms with E-state index in [-0.39, 0.29) is 5.91 Å². The quantitative estimate of drug-likeness (QED) is 0.507. The molecule has 1 amide bonds. The van der Waals surface area contributed by atoms with Gasteiger partial charge in [0.15, 0.2) is 4.32 Å². The second kappa shape index (κ2) is 6.91. The summed E-state index contributed by atoms with van der Waals surface area (Å²) in [5.41, 5.74) is 2.62. The molecule has 0 spiro atoms. The van der Waals surface area contributed by atoms with Crippen molar-refractivity contribution in [2.45, 2.75) is 0 Å². The molecule has 8 heteroatoms. The van der Waals surface area contributed by atoms with E-state index in [2.05, 4.69) is 5.10 Å². The van der Waals surface area contributed by atoms with Gasteiger partial charge in [0.05, 0.1) is 22.5 Å². The molecule has 0 aliphatic carbocycles. The standard InChI is InChI=1S/C17H12N4OS3/c22-15-11-25-17(23)21(15)18-9-12-10-20(13-5-2-1-3-6-13)19-16(12)14-7-4-8-24-14/h1-10H,11H2/b18-9-. The summed E-state index contributed by atoms with van der Waals surface area (Å²) in [7, 11) is 0. The number of nitrogens with zero attached hydrogens (tertiary/aromatic N) is 4. The third-order valence-corrected chi connectivity index (χ3v) is 5.77. The van der Waals surface area contributed by atoms with Gasteiger partial charge in [-0.1, -0.05) is 48.2 Å². The largest absolute Gasteiger partial charge is 0.272 e. The summed E-state index contributed by atoms with van der Waals surface area (Å²) in [4.78, 5) is 12.9. The van der Waals surface area contributed by atoms with Crippen molar-refractivity contribution in [2.75, 3.05) is 5.75 Å². The number of para-hydroxylation sites is 1. The van der Waals surface area contributed by atoms with E-state index in [1.165, 1.54) is 16.8 Å². The molecular weight excluding hydrogens is 372 g/mol. The van der Waals surface area contributed by atoms with Gasteiger partial charge in [-0.2, -0.15) is 15.2 Å². The van der Waals surface area contributed by atoms with Gasteiger partial charge >= 0.3 is 0 Å². The molecule has 1 saturated heterocycles. The molecule has 0 N–H and O–H groups in total. The van der Waals surface area contributed by atoms with Crippen molar-refractivity contribution in [3.05, 3.63) is 59.6 Å². The first kappa shape index (κ1) is 16.2. The lowest BCUT2D eigenvalue weighted by Gasteiger charge is -2.05. The molecule has 0 unspecified atom stereocenters. The van der Waals surface area contributed by atoms with Crippen LogP contribution in [0.5, 0.6) is 0 Å². The van der Waals surface area contributed by atoms with Gasteiger partial charge in [-0.15, -0.1) is 11.3 Å². The molecular formula is C17H12N4OS3. The fourth-order valence-corrected chi connectivity index (χ4v) is 4.08. The van der Waals surface area contributed by atoms with Gasteiger partial charge in [-0.3, -0.25) is 4.79 Å². The number of thioether (sulfide) groups is 1. The summed E-state index contributed by atoms with van der Waals surface area (Å²) in [5, 5.41) is 12.3. The van der Waals surface area contributed by atoms with Gasteiger partial charge in [0.1, 0.15) is 5.69 Å². The second-order valence-electron chi connectivity index (χ2n) is 5.20. The minimum absolute atomic E-state index is 0.0978. The zero-order chi connectivity index (χ0) is 17.2. The molecule has 0 radical (unpaired) electrons. The Balaban J connectivity index is 1.74. The number of benzene rings is 1. The van der Waals surface area contributed by atoms with Crippen LogP contribution in [0.4, 0.5) is 0 Å². The predicted molar refractivity (Wildman–Crippen MR) is 106 cm³/mol. The Bertz CT molecular complexity index is 932. The third-order valence-electron chi connectivity index (χ3n) is 3.56. The van der Waals surface area contributed by atoms with E-state index in [9.17, 15) is 4.79 Å². The Hall–Kier alpha value is -2.29. The number of hydrogen-bond donors (Lipinski definition) is 0. The van der Waals surface area contributed by atoms with Crippen LogP contribution in [-0.2, 0) is 4.79 Å². The molecule has 0 bridgehead atoms. The van der Waals surface area contributed by atoms with E-state index in [4.69, 9.17) is 17.3 Å². The molecule has 0 saturated carbocycles. The van der Waals surface area contributed by atoms with E-state index < -0.39 is 0 Å². The zero-order valence-electron chi connectivity index (χ0n) is 12.9. The number of thiocarbonyl (C=S) groups is 1. The number of rotatable bonds is 4. The lowest BCUT2D eigenvalue weighted by Crippen LogP contribution is -2.22. The predicted octanol–water partition coefficient (Wildman–Crippen LogP) is 3.80. The minimum Gasteiger partial charge on any atom is -0.272 e. The van der Waals surface area contributed by atoms with Crippen molar-refractivity contribution in [3.63, 3.8) is 0 Å². The summed E-state index contributed by atoms with van der Waals surface area (Å²) in [6.45, 7) is 0. The lowest BCUT2D eigenvalue weighted by atomic mass is 10.2. The summed E-state index contributed by atoms with van der Waals surface area (Å²) in [5.74, 6) is 0.247. The van der Waals surface area contributed by atoms with Crippen molar-refractivity contribution in [1.82, 2.24) is 14.8 Å². The number of carbonyl (C=O) groups excluding carboxylic acids is 1. The maximum Gasteiger partial charge on any atom is 0.259 e. The van der Waals surface area contributed by atoms with Crippen molar-refractivity contribution in [2.24, 2.45) is 5.10 Å². The van der Waals surface area contributed by atoms with Crippen LogP contribution in [0.1, 0.15) is 5.56 Å². The first-order chi connectivity index (χ1) is 12.2. The summed E-state index contributed by atoms with van der Waals surface area (Å²) >= 11 is 8.10. The van der Waals surface area contributed by atoms with Crippen LogP contribution in [-0.4, -0.2) is 37.0 Å². The number of amides is 1. The highest BCUT2D eigenvalue weighted by molar-refractivity contribution is 8.23. The number of aromatic nitrogens is 2. The topological polar surface area (TPSA) is 50.5 Å². The monoisotopic (exact) mass is 384 g/mol. The summed E-state index contributed by atoms with van der Waals surface area (Å²) < 4.78 is 2.30. The molecule has 1 aromatic carbocycles. The summed E-state index contributed by atoms with van der Waals surface area (Å²) in [6.07, 6.45) is 3.56. The van der Waals surface area contributed by atoms with E-state index in [0.29, 0.717) is 10.1 Å². The first-order valence-corrected chi connectivity index (χ1v) is 9.72. The van der Waals surface area contributed by atoms with Crippen LogP contribution in [0.25, 0.3) is 16.3 Å². The Morgan fingerprint density at radius 3 is 2.72 bits per heavy atom. The highest BCUT2D eigenvalue weighted by Gasteiger charge is 2.26. The van der Waals surface area contributed by atoms with Gasteiger partial charge in [0, 0.05) is 11.8 Å². The maximum atomic E-state index is 11.8. The average molecular weight is 385 g/mol. The molecule has 3 heterocycles. The van der Waals surface area contributed by atoms with Crippen LogP contribution in [0.2, 0.25) is 0 Å². The Morgan fingerprint density at radius 2 is 2.04 bits per heavy atom. The van der Waals surface area contributed by atoms with E-state index in [1.54, 1.807) is 17.6 Å². The van der Waals surface area contributed by atoms with Crippen LogP contribution in [0, 0.1) is 0 Å². The minimum atomic E-state index is -0.0978. The molecule has 3 aromatic rings. The number of carbonyl (C=O) groups is 1. The van der Waals surface area contributed by atoms with Crippen LogP contribution in [0.3, 0.4) is 0 Å². The van der Waals surface area contributed by atoms with Gasteiger partial charge < -0.3 is 0 Å². The highest BCUT2D eigenvalue weighted by Crippen LogP contribution is 2.27. The lowest BCUT2D eigenvalue weighted by molar-refractivity contribution is -0.123. The van der Waals surface area contributed by atoms with Crippen molar-refractivity contribution in [3.8, 4) is 16.3 Å². The molecule has 1 aliphatic rings. The summed E-state index contributed by atoms with van der Waals surface area (Å²) in [6, 6.07) is 13.9. The number of hydrazone groups is 1. The number of hydrogen-bond acceptors (Lipinski definition) is 6. The SMILES string of the molecule is O=C1CSC(=S)N1/N=C\c1cn(-c2ccccc2)nc1-c1cccs1. The van der Waals surface area contributed by atoms with Gasteiger partial charge in [0.25, 0.3) is 5.91 Å². The van der Waals surface area contributed by atoms with Crippen LogP contribution >= 0.6 is 35.3 Å². The smallest absolute Gasteiger partial charge is 0.259 e. The van der Waals surface area contributed by atoms with E-state index in [0.717, 1.165) is 21.8 Å². The molecule has 0 atom stereocenters. The molecule has 4 rings (SSSR count). The first-order valence-electron chi connectivity index (χ1n) is 7.45. The Morgan fingerprint density at radius 1 is 1.20 bits per heavy atom. The molecule has 1 fully saturated rings. The Kier molecular flexibility index (Phi) is 4.48. The molecule has 5 nitrogen and oxygen atoms in total. The molecule has 1 aliphatic heterocycles. The fourth-order valence-electron chi connectivity index (χ4n) is 2.38. The zero-order valence-corrected chi connectivity index (χ0v) is 15.4. The second-order valence-corrected chi connectivity index (χ2v) is 7.75. The van der Waals surface area contributed by atoms with Gasteiger partial charge in [-0.25, -0.2) is 4.68 Å². The highest BCUT2D eigenvalue weighted by atomic mass is 32.2. The van der Waals surface area contributed by atoms with Gasteiger partial charge in [-0.05, 0) is 23.6 Å². The van der Waals surface area contributed by atoms with Gasteiger partial charge in [0.2, 0.25) is 0 Å². The molecule has 25 heavy (non-hydrogen) atoms. The maximum absolute atomic E-state index is 11.8. The normalized spacial score (nSPS) is 14.8. The third kappa shape index (κ3) is 3.28.